The van der Waals surface area contributed by atoms with Crippen molar-refractivity contribution < 1.29 is 0 Å². The Kier molecular flexibility index (Phi) is 3.34. The molecule has 0 aliphatic rings. The molecule has 1 rings (SSSR count). The molecule has 0 bridgehead atoms. The van der Waals surface area contributed by atoms with Crippen LogP contribution in [0.4, 0.5) is 5.82 Å². The molecular weight excluding hydrogens is 170 g/mol. The SMILES string of the molecule is CCC(C)Sc1cc(N)ncn1. The molecule has 0 aliphatic heterocycles. The lowest BCUT2D eigenvalue weighted by molar-refractivity contribution is 0.899. The molecule has 1 atom stereocenters. The summed E-state index contributed by atoms with van der Waals surface area (Å²) in [5.74, 6) is 0.538. The van der Waals surface area contributed by atoms with Crippen LogP contribution in [0.3, 0.4) is 0 Å². The summed E-state index contributed by atoms with van der Waals surface area (Å²) in [6, 6.07) is 1.80. The van der Waals surface area contributed by atoms with Crippen LogP contribution < -0.4 is 5.73 Å². The molecule has 0 saturated heterocycles. The second-order valence-electron chi connectivity index (χ2n) is 2.62. The maximum atomic E-state index is 5.51. The number of nitrogen functional groups attached to an aromatic ring is 1. The number of nitrogens with zero attached hydrogens (tertiary/aromatic N) is 2. The van der Waals surface area contributed by atoms with Crippen molar-refractivity contribution in [1.29, 1.82) is 0 Å². The van der Waals surface area contributed by atoms with Gasteiger partial charge in [-0.25, -0.2) is 9.97 Å². The van der Waals surface area contributed by atoms with Crippen LogP contribution in [0, 0.1) is 0 Å². The van der Waals surface area contributed by atoms with Crippen molar-refractivity contribution in [2.24, 2.45) is 0 Å². The van der Waals surface area contributed by atoms with E-state index in [9.17, 15) is 0 Å². The van der Waals surface area contributed by atoms with Crippen LogP contribution in [0.2, 0.25) is 0 Å². The quantitative estimate of drug-likeness (QED) is 0.575. The van der Waals surface area contributed by atoms with Crippen molar-refractivity contribution in [2.45, 2.75) is 30.5 Å². The van der Waals surface area contributed by atoms with E-state index in [-0.39, 0.29) is 0 Å². The fourth-order valence-electron chi connectivity index (χ4n) is 0.707. The molecule has 2 N–H and O–H groups in total. The Labute approximate surface area is 76.8 Å². The molecule has 1 unspecified atom stereocenters. The Morgan fingerprint density at radius 2 is 2.33 bits per heavy atom. The molecule has 0 fully saturated rings. The molecule has 1 heterocycles. The van der Waals surface area contributed by atoms with Gasteiger partial charge in [-0.2, -0.15) is 0 Å². The molecular formula is C8H13N3S. The summed E-state index contributed by atoms with van der Waals surface area (Å²) < 4.78 is 0. The fraction of sp³-hybridized carbons (Fsp3) is 0.500. The van der Waals surface area contributed by atoms with Gasteiger partial charge in [-0.1, -0.05) is 13.8 Å². The van der Waals surface area contributed by atoms with E-state index in [0.717, 1.165) is 11.4 Å². The van der Waals surface area contributed by atoms with Gasteiger partial charge < -0.3 is 5.73 Å². The highest BCUT2D eigenvalue weighted by molar-refractivity contribution is 7.99. The Balaban J connectivity index is 2.63. The highest BCUT2D eigenvalue weighted by atomic mass is 32.2. The van der Waals surface area contributed by atoms with Crippen molar-refractivity contribution >= 4 is 17.6 Å². The van der Waals surface area contributed by atoms with Crippen molar-refractivity contribution in [3.63, 3.8) is 0 Å². The molecule has 1 aromatic rings. The first-order valence-corrected chi connectivity index (χ1v) is 4.84. The zero-order valence-corrected chi connectivity index (χ0v) is 8.14. The van der Waals surface area contributed by atoms with Crippen molar-refractivity contribution in [3.8, 4) is 0 Å². The van der Waals surface area contributed by atoms with Gasteiger partial charge in [-0.15, -0.1) is 11.8 Å². The van der Waals surface area contributed by atoms with E-state index in [4.69, 9.17) is 5.73 Å². The number of hydrogen-bond donors (Lipinski definition) is 1. The van der Waals surface area contributed by atoms with E-state index in [1.54, 1.807) is 17.8 Å². The summed E-state index contributed by atoms with van der Waals surface area (Å²) in [6.07, 6.45) is 2.63. The van der Waals surface area contributed by atoms with Crippen LogP contribution in [-0.2, 0) is 0 Å². The average Bonchev–Trinajstić information content (AvgIpc) is 2.04. The summed E-state index contributed by atoms with van der Waals surface area (Å²) in [7, 11) is 0. The third kappa shape index (κ3) is 2.70. The van der Waals surface area contributed by atoms with Gasteiger partial charge in [-0.3, -0.25) is 0 Å². The standard InChI is InChI=1S/C8H13N3S/c1-3-6(2)12-8-4-7(9)10-5-11-8/h4-6H,3H2,1-2H3,(H2,9,10,11). The van der Waals surface area contributed by atoms with Gasteiger partial charge in [0.1, 0.15) is 17.2 Å². The third-order valence-electron chi connectivity index (χ3n) is 1.56. The molecule has 4 heteroatoms. The predicted octanol–water partition coefficient (Wildman–Crippen LogP) is 1.95. The largest absolute Gasteiger partial charge is 0.384 e. The van der Waals surface area contributed by atoms with E-state index in [0.29, 0.717) is 11.1 Å². The second-order valence-corrected chi connectivity index (χ2v) is 4.08. The number of aromatic nitrogens is 2. The summed E-state index contributed by atoms with van der Waals surface area (Å²) in [4.78, 5) is 7.93. The molecule has 1 aromatic heterocycles. The Bertz CT molecular complexity index is 252. The first-order chi connectivity index (χ1) is 5.72. The number of anilines is 1. The van der Waals surface area contributed by atoms with E-state index < -0.39 is 0 Å². The summed E-state index contributed by atoms with van der Waals surface area (Å²) in [6.45, 7) is 4.32. The monoisotopic (exact) mass is 183 g/mol. The van der Waals surface area contributed by atoms with Crippen molar-refractivity contribution in [1.82, 2.24) is 9.97 Å². The lowest BCUT2D eigenvalue weighted by Crippen LogP contribution is -1.96. The lowest BCUT2D eigenvalue weighted by atomic mass is 10.4. The fourth-order valence-corrected chi connectivity index (χ4v) is 1.58. The molecule has 0 saturated carbocycles. The van der Waals surface area contributed by atoms with E-state index in [1.165, 1.54) is 6.33 Å². The Morgan fingerprint density at radius 1 is 1.58 bits per heavy atom. The van der Waals surface area contributed by atoms with Crippen LogP contribution in [-0.4, -0.2) is 15.2 Å². The number of rotatable bonds is 3. The van der Waals surface area contributed by atoms with Gasteiger partial charge in [0.15, 0.2) is 0 Å². The van der Waals surface area contributed by atoms with Crippen molar-refractivity contribution in [3.05, 3.63) is 12.4 Å². The van der Waals surface area contributed by atoms with Gasteiger partial charge in [0.05, 0.1) is 0 Å². The molecule has 0 amide bonds. The number of hydrogen-bond acceptors (Lipinski definition) is 4. The molecule has 0 aromatic carbocycles. The Hall–Kier alpha value is -0.770. The van der Waals surface area contributed by atoms with Crippen molar-refractivity contribution in [2.75, 3.05) is 5.73 Å². The smallest absolute Gasteiger partial charge is 0.127 e. The van der Waals surface area contributed by atoms with Crippen LogP contribution in [0.1, 0.15) is 20.3 Å². The summed E-state index contributed by atoms with van der Waals surface area (Å²) in [5.41, 5.74) is 5.51. The molecule has 3 nitrogen and oxygen atoms in total. The van der Waals surface area contributed by atoms with E-state index >= 15 is 0 Å². The van der Waals surface area contributed by atoms with Crippen LogP contribution in [0.15, 0.2) is 17.4 Å². The Morgan fingerprint density at radius 3 is 2.92 bits per heavy atom. The number of nitrogens with two attached hydrogens (primary N) is 1. The van der Waals surface area contributed by atoms with Gasteiger partial charge in [0.25, 0.3) is 0 Å². The van der Waals surface area contributed by atoms with E-state index in [1.807, 2.05) is 0 Å². The normalized spacial score (nSPS) is 12.8. The van der Waals surface area contributed by atoms with Gasteiger partial charge in [-0.05, 0) is 6.42 Å². The molecule has 0 aliphatic carbocycles. The first kappa shape index (κ1) is 9.32. The zero-order valence-electron chi connectivity index (χ0n) is 7.32. The van der Waals surface area contributed by atoms with E-state index in [2.05, 4.69) is 23.8 Å². The maximum absolute atomic E-state index is 5.51. The van der Waals surface area contributed by atoms with Gasteiger partial charge in [0.2, 0.25) is 0 Å². The summed E-state index contributed by atoms with van der Waals surface area (Å²) >= 11 is 1.73. The minimum atomic E-state index is 0.538. The van der Waals surface area contributed by atoms with Crippen LogP contribution >= 0.6 is 11.8 Å². The topological polar surface area (TPSA) is 51.8 Å². The molecule has 12 heavy (non-hydrogen) atoms. The minimum absolute atomic E-state index is 0.538. The molecule has 0 radical (unpaired) electrons. The highest BCUT2D eigenvalue weighted by Crippen LogP contribution is 2.22. The minimum Gasteiger partial charge on any atom is -0.384 e. The first-order valence-electron chi connectivity index (χ1n) is 3.96. The highest BCUT2D eigenvalue weighted by Gasteiger charge is 2.02. The van der Waals surface area contributed by atoms with Gasteiger partial charge in [0, 0.05) is 11.3 Å². The predicted molar refractivity (Wildman–Crippen MR) is 52.1 cm³/mol. The molecule has 66 valence electrons. The summed E-state index contributed by atoms with van der Waals surface area (Å²) in [5, 5.41) is 1.54. The number of thioether (sulfide) groups is 1. The second kappa shape index (κ2) is 4.30. The van der Waals surface area contributed by atoms with Gasteiger partial charge >= 0.3 is 0 Å². The average molecular weight is 183 g/mol. The van der Waals surface area contributed by atoms with Crippen LogP contribution in [0.5, 0.6) is 0 Å². The third-order valence-corrected chi connectivity index (χ3v) is 2.76. The maximum Gasteiger partial charge on any atom is 0.127 e. The van der Waals surface area contributed by atoms with Crippen LogP contribution in [0.25, 0.3) is 0 Å². The zero-order chi connectivity index (χ0) is 8.97. The molecule has 0 spiro atoms. The lowest BCUT2D eigenvalue weighted by Gasteiger charge is -2.06.